The van der Waals surface area contributed by atoms with Crippen LogP contribution in [0.25, 0.3) is 77.6 Å². The minimum absolute atomic E-state index is 0.343. The van der Waals surface area contributed by atoms with Crippen LogP contribution in [0.4, 0.5) is 0 Å². The average molecular weight is 611 g/mol. The fourth-order valence-electron chi connectivity index (χ4n) is 6.82. The molecule has 2 heterocycles. The number of hydrogen-bond acceptors (Lipinski definition) is 3. The van der Waals surface area contributed by atoms with Crippen LogP contribution in [0.2, 0.25) is 0 Å². The zero-order chi connectivity index (χ0) is 30.8. The van der Waals surface area contributed by atoms with Gasteiger partial charge in [-0.15, -0.1) is 0 Å². The Hall–Kier alpha value is -5.71. The third-order valence-electron chi connectivity index (χ3n) is 9.02. The third kappa shape index (κ3) is 4.15. The van der Waals surface area contributed by atoms with Gasteiger partial charge in [-0.25, -0.2) is 8.42 Å². The van der Waals surface area contributed by atoms with Crippen molar-refractivity contribution in [3.63, 3.8) is 0 Å². The van der Waals surface area contributed by atoms with Gasteiger partial charge in [0, 0.05) is 21.9 Å². The van der Waals surface area contributed by atoms with E-state index in [0.717, 1.165) is 77.6 Å². The summed E-state index contributed by atoms with van der Waals surface area (Å²) >= 11 is 0. The number of sulfone groups is 1. The molecule has 1 aromatic heterocycles. The first-order chi connectivity index (χ1) is 22.5. The van der Waals surface area contributed by atoms with Crippen molar-refractivity contribution < 1.29 is 12.8 Å². The molecule has 0 N–H and O–H groups in total. The predicted octanol–water partition coefficient (Wildman–Crippen LogP) is 11.1. The van der Waals surface area contributed by atoms with Gasteiger partial charge in [-0.05, 0) is 99.1 Å². The largest absolute Gasteiger partial charge is 0.456 e. The lowest BCUT2D eigenvalue weighted by Crippen LogP contribution is -1.96. The highest BCUT2D eigenvalue weighted by Gasteiger charge is 2.33. The van der Waals surface area contributed by atoms with Crippen LogP contribution in [0.15, 0.2) is 172 Å². The highest BCUT2D eigenvalue weighted by Crippen LogP contribution is 2.47. The van der Waals surface area contributed by atoms with Crippen LogP contribution >= 0.6 is 0 Å². The Kier molecular flexibility index (Phi) is 5.89. The van der Waals surface area contributed by atoms with E-state index < -0.39 is 9.84 Å². The number of furan rings is 1. The predicted molar refractivity (Wildman–Crippen MR) is 186 cm³/mol. The van der Waals surface area contributed by atoms with Crippen LogP contribution in [0.5, 0.6) is 0 Å². The van der Waals surface area contributed by atoms with Crippen molar-refractivity contribution in [2.75, 3.05) is 0 Å². The lowest BCUT2D eigenvalue weighted by atomic mass is 9.91. The molecule has 0 amide bonds. The van der Waals surface area contributed by atoms with Gasteiger partial charge in [0.1, 0.15) is 11.2 Å². The van der Waals surface area contributed by atoms with Crippen molar-refractivity contribution in [1.82, 2.24) is 0 Å². The topological polar surface area (TPSA) is 47.3 Å². The smallest absolute Gasteiger partial charge is 0.207 e. The van der Waals surface area contributed by atoms with Crippen molar-refractivity contribution in [2.24, 2.45) is 0 Å². The Bertz CT molecular complexity index is 2520. The fourth-order valence-corrected chi connectivity index (χ4v) is 8.47. The molecule has 7 aromatic carbocycles. The molecule has 0 spiro atoms. The molecule has 0 atom stereocenters. The minimum atomic E-state index is -3.65. The zero-order valence-corrected chi connectivity index (χ0v) is 25.5. The second-order valence-corrected chi connectivity index (χ2v) is 13.6. The van der Waals surface area contributed by atoms with Gasteiger partial charge < -0.3 is 4.42 Å². The van der Waals surface area contributed by atoms with Crippen LogP contribution < -0.4 is 0 Å². The Morgan fingerprint density at radius 3 is 1.54 bits per heavy atom. The van der Waals surface area contributed by atoms with Crippen molar-refractivity contribution in [2.45, 2.75) is 9.79 Å². The fraction of sp³-hybridized carbons (Fsp3) is 0. The van der Waals surface area contributed by atoms with Gasteiger partial charge in [-0.3, -0.25) is 0 Å². The SMILES string of the molecule is O=S1(=O)c2ccc(-c3cc(-c4ccccc4)cc(-c4ccccc4)c3)cc2-c2cc(-c3cccc4oc5ccccc5c34)ccc21. The third-order valence-corrected chi connectivity index (χ3v) is 10.9. The van der Waals surface area contributed by atoms with E-state index in [-0.39, 0.29) is 0 Å². The summed E-state index contributed by atoms with van der Waals surface area (Å²) < 4.78 is 33.7. The number of benzene rings is 7. The van der Waals surface area contributed by atoms with Gasteiger partial charge in [0.15, 0.2) is 0 Å². The normalized spacial score (nSPS) is 13.1. The maximum Gasteiger partial charge on any atom is 0.207 e. The monoisotopic (exact) mass is 610 g/mol. The molecular weight excluding hydrogens is 585 g/mol. The molecule has 0 saturated carbocycles. The number of fused-ring (bicyclic) bond motifs is 6. The number of hydrogen-bond donors (Lipinski definition) is 0. The van der Waals surface area contributed by atoms with Crippen LogP contribution in [-0.2, 0) is 9.84 Å². The highest BCUT2D eigenvalue weighted by molar-refractivity contribution is 7.92. The summed E-state index contributed by atoms with van der Waals surface area (Å²) in [5.74, 6) is 0. The maximum absolute atomic E-state index is 13.8. The van der Waals surface area contributed by atoms with Gasteiger partial charge in [0.25, 0.3) is 0 Å². The van der Waals surface area contributed by atoms with E-state index in [0.29, 0.717) is 9.79 Å². The Morgan fingerprint density at radius 1 is 0.370 bits per heavy atom. The second kappa shape index (κ2) is 10.2. The van der Waals surface area contributed by atoms with Crippen molar-refractivity contribution >= 4 is 31.8 Å². The zero-order valence-electron chi connectivity index (χ0n) is 24.6. The van der Waals surface area contributed by atoms with Crippen LogP contribution in [-0.4, -0.2) is 8.42 Å². The van der Waals surface area contributed by atoms with Gasteiger partial charge >= 0.3 is 0 Å². The van der Waals surface area contributed by atoms with Gasteiger partial charge in [0.05, 0.1) is 9.79 Å². The number of para-hydroxylation sites is 1. The van der Waals surface area contributed by atoms with Crippen LogP contribution in [0, 0.1) is 0 Å². The molecule has 1 aliphatic rings. The molecule has 1 aliphatic heterocycles. The molecule has 3 nitrogen and oxygen atoms in total. The van der Waals surface area contributed by atoms with Gasteiger partial charge in [-0.2, -0.15) is 0 Å². The van der Waals surface area contributed by atoms with E-state index >= 15 is 0 Å². The van der Waals surface area contributed by atoms with E-state index in [1.807, 2.05) is 91.0 Å². The standard InChI is InChI=1S/C42H26O3S/c43-46(44)40-20-18-29(33-23-31(27-10-3-1-4-11-27)22-32(24-33)28-12-5-2-6-13-28)25-36(40)37-26-30(19-21-41(37)46)34-15-9-17-39-42(34)35-14-7-8-16-38(35)45-39/h1-26H. The highest BCUT2D eigenvalue weighted by atomic mass is 32.2. The molecule has 46 heavy (non-hydrogen) atoms. The summed E-state index contributed by atoms with van der Waals surface area (Å²) in [4.78, 5) is 0.688. The maximum atomic E-state index is 13.8. The summed E-state index contributed by atoms with van der Waals surface area (Å²) in [5.41, 5.74) is 11.5. The molecule has 8 aromatic rings. The second-order valence-electron chi connectivity index (χ2n) is 11.7. The Morgan fingerprint density at radius 2 is 0.891 bits per heavy atom. The molecule has 0 unspecified atom stereocenters. The number of rotatable bonds is 4. The molecule has 218 valence electrons. The van der Waals surface area contributed by atoms with Crippen LogP contribution in [0.1, 0.15) is 0 Å². The summed E-state index contributed by atoms with van der Waals surface area (Å²) in [6, 6.07) is 52.8. The van der Waals surface area contributed by atoms with E-state index in [1.54, 1.807) is 12.1 Å². The van der Waals surface area contributed by atoms with E-state index in [1.165, 1.54) is 0 Å². The first-order valence-corrected chi connectivity index (χ1v) is 16.7. The van der Waals surface area contributed by atoms with E-state index in [4.69, 9.17) is 4.42 Å². The molecule has 0 radical (unpaired) electrons. The minimum Gasteiger partial charge on any atom is -0.456 e. The average Bonchev–Trinajstić information content (AvgIpc) is 3.60. The summed E-state index contributed by atoms with van der Waals surface area (Å²) in [7, 11) is -3.65. The quantitative estimate of drug-likeness (QED) is 0.199. The van der Waals surface area contributed by atoms with E-state index in [2.05, 4.69) is 54.6 Å². The van der Waals surface area contributed by atoms with Gasteiger partial charge in [-0.1, -0.05) is 103 Å². The summed E-state index contributed by atoms with van der Waals surface area (Å²) in [6.45, 7) is 0. The van der Waals surface area contributed by atoms with Crippen molar-refractivity contribution in [1.29, 1.82) is 0 Å². The molecule has 9 rings (SSSR count). The van der Waals surface area contributed by atoms with Crippen molar-refractivity contribution in [3.8, 4) is 55.6 Å². The molecule has 0 aliphatic carbocycles. The first kappa shape index (κ1) is 26.7. The molecule has 4 heteroatoms. The molecule has 0 bridgehead atoms. The summed E-state index contributed by atoms with van der Waals surface area (Å²) in [5, 5.41) is 2.07. The van der Waals surface area contributed by atoms with Gasteiger partial charge in [0.2, 0.25) is 9.84 Å². The van der Waals surface area contributed by atoms with Crippen LogP contribution in [0.3, 0.4) is 0 Å². The first-order valence-electron chi connectivity index (χ1n) is 15.3. The summed E-state index contributed by atoms with van der Waals surface area (Å²) in [6.07, 6.45) is 0. The molecule has 0 fully saturated rings. The lowest BCUT2D eigenvalue weighted by Gasteiger charge is -2.12. The van der Waals surface area contributed by atoms with Crippen molar-refractivity contribution in [3.05, 3.63) is 158 Å². The Balaban J connectivity index is 1.23. The Labute approximate surface area is 266 Å². The van der Waals surface area contributed by atoms with E-state index in [9.17, 15) is 8.42 Å². The molecular formula is C42H26O3S. The molecule has 0 saturated heterocycles. The lowest BCUT2D eigenvalue weighted by molar-refractivity contribution is 0.598.